The molecular weight excluding hydrogens is 240 g/mol. The minimum atomic E-state index is -0.197. The minimum Gasteiger partial charge on any atom is -0.465 e. The first-order chi connectivity index (χ1) is 8.76. The number of carbonyl (C=O) groups is 1. The molecule has 1 aliphatic rings. The topological polar surface area (TPSA) is 46.5 Å². The molecular formula is C16H30O3. The molecule has 0 aromatic rings. The molecule has 0 amide bonds. The van der Waals surface area contributed by atoms with Crippen LogP contribution in [-0.4, -0.2) is 23.8 Å². The summed E-state index contributed by atoms with van der Waals surface area (Å²) < 4.78 is 5.36. The van der Waals surface area contributed by atoms with Gasteiger partial charge in [-0.05, 0) is 42.9 Å². The fourth-order valence-electron chi connectivity index (χ4n) is 3.09. The summed E-state index contributed by atoms with van der Waals surface area (Å²) in [5.41, 5.74) is 0.257. The summed E-state index contributed by atoms with van der Waals surface area (Å²) in [6.07, 6.45) is 5.14. The van der Waals surface area contributed by atoms with Crippen LogP contribution in [0.25, 0.3) is 0 Å². The van der Waals surface area contributed by atoms with Gasteiger partial charge in [-0.2, -0.15) is 0 Å². The molecule has 0 heterocycles. The quantitative estimate of drug-likeness (QED) is 0.777. The van der Waals surface area contributed by atoms with Crippen LogP contribution < -0.4 is 0 Å². The third-order valence-corrected chi connectivity index (χ3v) is 3.71. The lowest BCUT2D eigenvalue weighted by Gasteiger charge is -2.26. The molecule has 3 unspecified atom stereocenters. The third-order valence-electron chi connectivity index (χ3n) is 3.71. The number of aliphatic hydroxyl groups is 1. The van der Waals surface area contributed by atoms with Crippen LogP contribution in [0, 0.1) is 17.3 Å². The molecule has 1 aliphatic carbocycles. The average molecular weight is 270 g/mol. The summed E-state index contributed by atoms with van der Waals surface area (Å²) in [6.45, 7) is 9.17. The smallest absolute Gasteiger partial charge is 0.306 e. The Hall–Kier alpha value is -0.570. The molecule has 112 valence electrons. The van der Waals surface area contributed by atoms with Crippen LogP contribution in [0.15, 0.2) is 0 Å². The van der Waals surface area contributed by atoms with Crippen LogP contribution in [0.3, 0.4) is 0 Å². The van der Waals surface area contributed by atoms with E-state index in [9.17, 15) is 9.90 Å². The molecule has 1 saturated carbocycles. The highest BCUT2D eigenvalue weighted by Crippen LogP contribution is 2.27. The summed E-state index contributed by atoms with van der Waals surface area (Å²) in [6, 6.07) is 0. The summed E-state index contributed by atoms with van der Waals surface area (Å²) in [4.78, 5) is 11.8. The van der Waals surface area contributed by atoms with Crippen molar-refractivity contribution in [3.05, 3.63) is 0 Å². The van der Waals surface area contributed by atoms with Crippen molar-refractivity contribution in [2.75, 3.05) is 6.61 Å². The van der Waals surface area contributed by atoms with Crippen molar-refractivity contribution in [1.29, 1.82) is 0 Å². The Balaban J connectivity index is 2.20. The predicted octanol–water partition coefficient (Wildman–Crippen LogP) is 3.54. The van der Waals surface area contributed by atoms with Crippen LogP contribution in [-0.2, 0) is 9.53 Å². The van der Waals surface area contributed by atoms with E-state index >= 15 is 0 Å². The molecule has 3 heteroatoms. The van der Waals surface area contributed by atoms with Crippen LogP contribution in [0.2, 0.25) is 0 Å². The number of esters is 1. The summed E-state index contributed by atoms with van der Waals surface area (Å²) in [5, 5.41) is 9.58. The minimum absolute atomic E-state index is 0.0863. The standard InChI is InChI=1S/C16H30O3/c1-12(10-16(2,3)4)8-15(18)19-11-13-6-5-7-14(17)9-13/h12-14,17H,5-11H2,1-4H3. The molecule has 0 radical (unpaired) electrons. The fourth-order valence-corrected chi connectivity index (χ4v) is 3.09. The van der Waals surface area contributed by atoms with Gasteiger partial charge < -0.3 is 9.84 Å². The second kappa shape index (κ2) is 7.28. The number of aliphatic hydroxyl groups excluding tert-OH is 1. The number of hydrogen-bond donors (Lipinski definition) is 1. The molecule has 19 heavy (non-hydrogen) atoms. The molecule has 0 aromatic heterocycles. The van der Waals surface area contributed by atoms with Crippen molar-refractivity contribution >= 4 is 5.97 Å². The van der Waals surface area contributed by atoms with Gasteiger partial charge >= 0.3 is 5.97 Å². The number of hydrogen-bond acceptors (Lipinski definition) is 3. The van der Waals surface area contributed by atoms with Crippen LogP contribution in [0.1, 0.15) is 66.2 Å². The monoisotopic (exact) mass is 270 g/mol. The number of ether oxygens (including phenoxy) is 1. The van der Waals surface area contributed by atoms with Crippen molar-refractivity contribution in [1.82, 2.24) is 0 Å². The van der Waals surface area contributed by atoms with Crippen molar-refractivity contribution in [3.63, 3.8) is 0 Å². The van der Waals surface area contributed by atoms with Crippen LogP contribution in [0.5, 0.6) is 0 Å². The highest BCUT2D eigenvalue weighted by atomic mass is 16.5. The van der Waals surface area contributed by atoms with Gasteiger partial charge in [0.25, 0.3) is 0 Å². The summed E-state index contributed by atoms with van der Waals surface area (Å²) in [5.74, 6) is 0.631. The largest absolute Gasteiger partial charge is 0.465 e. The molecule has 1 fully saturated rings. The first-order valence-electron chi connectivity index (χ1n) is 7.60. The van der Waals surface area contributed by atoms with E-state index in [-0.39, 0.29) is 17.5 Å². The number of rotatable bonds is 5. The maximum Gasteiger partial charge on any atom is 0.306 e. The molecule has 0 bridgehead atoms. The fraction of sp³-hybridized carbons (Fsp3) is 0.938. The van der Waals surface area contributed by atoms with E-state index < -0.39 is 0 Å². The van der Waals surface area contributed by atoms with E-state index in [1.165, 1.54) is 0 Å². The van der Waals surface area contributed by atoms with Gasteiger partial charge in [0, 0.05) is 6.42 Å². The molecule has 3 atom stereocenters. The molecule has 0 aliphatic heterocycles. The van der Waals surface area contributed by atoms with E-state index in [0.717, 1.165) is 32.1 Å². The van der Waals surface area contributed by atoms with Gasteiger partial charge in [-0.15, -0.1) is 0 Å². The Morgan fingerprint density at radius 1 is 1.37 bits per heavy atom. The first-order valence-corrected chi connectivity index (χ1v) is 7.60. The second-order valence-electron chi connectivity index (χ2n) is 7.44. The highest BCUT2D eigenvalue weighted by molar-refractivity contribution is 5.69. The Morgan fingerprint density at radius 3 is 2.63 bits per heavy atom. The van der Waals surface area contributed by atoms with Crippen LogP contribution >= 0.6 is 0 Å². The van der Waals surface area contributed by atoms with E-state index in [2.05, 4.69) is 27.7 Å². The van der Waals surface area contributed by atoms with Gasteiger partial charge in [0.05, 0.1) is 12.7 Å². The van der Waals surface area contributed by atoms with Gasteiger partial charge in [-0.1, -0.05) is 34.1 Å². The maximum absolute atomic E-state index is 11.8. The van der Waals surface area contributed by atoms with Crippen molar-refractivity contribution in [3.8, 4) is 0 Å². The lowest BCUT2D eigenvalue weighted by atomic mass is 9.84. The van der Waals surface area contributed by atoms with Crippen molar-refractivity contribution in [2.24, 2.45) is 17.3 Å². The zero-order valence-corrected chi connectivity index (χ0v) is 12.9. The Labute approximate surface area is 117 Å². The predicted molar refractivity (Wildman–Crippen MR) is 76.8 cm³/mol. The summed E-state index contributed by atoms with van der Waals surface area (Å²) >= 11 is 0. The van der Waals surface area contributed by atoms with E-state index in [1.807, 2.05) is 0 Å². The molecule has 1 rings (SSSR count). The Bertz CT molecular complexity index is 280. The zero-order chi connectivity index (χ0) is 14.5. The second-order valence-corrected chi connectivity index (χ2v) is 7.44. The Kier molecular flexibility index (Phi) is 6.31. The third kappa shape index (κ3) is 7.56. The Morgan fingerprint density at radius 2 is 2.05 bits per heavy atom. The van der Waals surface area contributed by atoms with Gasteiger partial charge in [-0.25, -0.2) is 0 Å². The highest BCUT2D eigenvalue weighted by Gasteiger charge is 2.22. The van der Waals surface area contributed by atoms with Crippen LogP contribution in [0.4, 0.5) is 0 Å². The molecule has 3 nitrogen and oxygen atoms in total. The lowest BCUT2D eigenvalue weighted by Crippen LogP contribution is -2.25. The molecule has 0 saturated heterocycles. The van der Waals surface area contributed by atoms with Crippen molar-refractivity contribution < 1.29 is 14.6 Å². The van der Waals surface area contributed by atoms with Gasteiger partial charge in [0.15, 0.2) is 0 Å². The number of carbonyl (C=O) groups excluding carboxylic acids is 1. The van der Waals surface area contributed by atoms with Gasteiger partial charge in [0.1, 0.15) is 0 Å². The zero-order valence-electron chi connectivity index (χ0n) is 12.9. The maximum atomic E-state index is 11.8. The van der Waals surface area contributed by atoms with Gasteiger partial charge in [0.2, 0.25) is 0 Å². The molecule has 1 N–H and O–H groups in total. The molecule has 0 aromatic carbocycles. The van der Waals surface area contributed by atoms with E-state index in [1.54, 1.807) is 0 Å². The first kappa shape index (κ1) is 16.5. The van der Waals surface area contributed by atoms with E-state index in [4.69, 9.17) is 4.74 Å². The normalized spacial score (nSPS) is 25.9. The van der Waals surface area contributed by atoms with Gasteiger partial charge in [-0.3, -0.25) is 4.79 Å². The van der Waals surface area contributed by atoms with Crippen molar-refractivity contribution in [2.45, 2.75) is 72.3 Å². The molecule has 0 spiro atoms. The average Bonchev–Trinajstić information content (AvgIpc) is 2.23. The lowest BCUT2D eigenvalue weighted by molar-refractivity contribution is -0.147. The summed E-state index contributed by atoms with van der Waals surface area (Å²) in [7, 11) is 0. The van der Waals surface area contributed by atoms with E-state index in [0.29, 0.717) is 24.9 Å². The SMILES string of the molecule is CC(CC(=O)OCC1CCCC(O)C1)CC(C)(C)C.